The minimum Gasteiger partial charge on any atom is -0.481 e. The van der Waals surface area contributed by atoms with E-state index in [1.54, 1.807) is 12.1 Å². The Kier molecular flexibility index (Phi) is 5.19. The van der Waals surface area contributed by atoms with Gasteiger partial charge in [-0.15, -0.1) is 0 Å². The molecule has 162 valence electrons. The van der Waals surface area contributed by atoms with Crippen LogP contribution in [0.5, 0.6) is 5.88 Å². The van der Waals surface area contributed by atoms with Crippen LogP contribution < -0.4 is 14.8 Å². The predicted molar refractivity (Wildman–Crippen MR) is 105 cm³/mol. The topological polar surface area (TPSA) is 125 Å². The fourth-order valence-electron chi connectivity index (χ4n) is 3.32. The lowest BCUT2D eigenvalue weighted by Crippen LogP contribution is -2.31. The van der Waals surface area contributed by atoms with Crippen molar-refractivity contribution in [2.75, 3.05) is 18.6 Å². The molecular formula is C19H16F2N4O5S. The molecule has 3 heterocycles. The predicted octanol–water partition coefficient (Wildman–Crippen LogP) is 2.26. The fraction of sp³-hybridized carbons (Fsp3) is 0.211. The number of halogens is 2. The van der Waals surface area contributed by atoms with Crippen LogP contribution in [0.4, 0.5) is 19.3 Å². The standard InChI is InChI=1S/C19H16F2N4O5S/c1-29-16-3-2-12-17-10(8-23-18(12)24-16)4-5-30-19(26)25(17)9-13-14(20)6-11(7-15(13)21)31(22,27)28/h2-3,6-8H,4-5,9H2,1H3,(H2,22,27,28). The highest BCUT2D eigenvalue weighted by Gasteiger charge is 2.29. The molecule has 9 nitrogen and oxygen atoms in total. The number of amides is 1. The lowest BCUT2D eigenvalue weighted by atomic mass is 10.1. The average Bonchev–Trinajstić information content (AvgIpc) is 2.87. The van der Waals surface area contributed by atoms with Crippen molar-refractivity contribution in [2.24, 2.45) is 5.14 Å². The zero-order valence-electron chi connectivity index (χ0n) is 16.1. The number of pyridine rings is 2. The Morgan fingerprint density at radius 3 is 2.61 bits per heavy atom. The molecule has 0 saturated heterocycles. The van der Waals surface area contributed by atoms with E-state index >= 15 is 0 Å². The summed E-state index contributed by atoms with van der Waals surface area (Å²) in [6.45, 7) is -0.506. The van der Waals surface area contributed by atoms with Crippen molar-refractivity contribution in [1.82, 2.24) is 9.97 Å². The minimum atomic E-state index is -4.31. The van der Waals surface area contributed by atoms with E-state index < -0.39 is 44.8 Å². The first-order chi connectivity index (χ1) is 14.7. The summed E-state index contributed by atoms with van der Waals surface area (Å²) in [5.41, 5.74) is 0.705. The molecule has 1 aromatic carbocycles. The molecular weight excluding hydrogens is 434 g/mol. The molecule has 2 aromatic heterocycles. The molecule has 0 unspecified atom stereocenters. The summed E-state index contributed by atoms with van der Waals surface area (Å²) in [5.74, 6) is -2.03. The number of primary sulfonamides is 1. The van der Waals surface area contributed by atoms with Crippen molar-refractivity contribution >= 4 is 32.8 Å². The Morgan fingerprint density at radius 1 is 1.26 bits per heavy atom. The molecule has 3 aromatic rings. The van der Waals surface area contributed by atoms with Crippen LogP contribution in [-0.2, 0) is 27.7 Å². The molecule has 1 aliphatic rings. The number of ether oxygens (including phenoxy) is 2. The summed E-state index contributed by atoms with van der Waals surface area (Å²) in [6.07, 6.45) is 1.02. The molecule has 0 radical (unpaired) electrons. The number of carbonyl (C=O) groups is 1. The number of aromatic nitrogens is 2. The number of sulfonamides is 1. The highest BCUT2D eigenvalue weighted by Crippen LogP contribution is 2.34. The van der Waals surface area contributed by atoms with Gasteiger partial charge in [-0.05, 0) is 23.8 Å². The Balaban J connectivity index is 1.86. The molecule has 0 saturated carbocycles. The van der Waals surface area contributed by atoms with E-state index in [0.717, 1.165) is 4.90 Å². The first kappa shape index (κ1) is 20.9. The van der Waals surface area contributed by atoms with Crippen molar-refractivity contribution in [2.45, 2.75) is 17.9 Å². The number of cyclic esters (lactones) is 1. The normalized spacial score (nSPS) is 14.2. The Hall–Kier alpha value is -3.38. The number of carbonyl (C=O) groups excluding carboxylic acids is 1. The lowest BCUT2D eigenvalue weighted by molar-refractivity contribution is 0.157. The maximum atomic E-state index is 14.6. The number of anilines is 1. The van der Waals surface area contributed by atoms with E-state index in [9.17, 15) is 22.0 Å². The molecule has 0 bridgehead atoms. The first-order valence-electron chi connectivity index (χ1n) is 8.96. The zero-order chi connectivity index (χ0) is 22.3. The second-order valence-corrected chi connectivity index (χ2v) is 8.28. The molecule has 31 heavy (non-hydrogen) atoms. The molecule has 0 aliphatic carbocycles. The number of methoxy groups -OCH3 is 1. The van der Waals surface area contributed by atoms with Crippen molar-refractivity contribution < 1.29 is 31.5 Å². The number of hydrogen-bond acceptors (Lipinski definition) is 7. The summed E-state index contributed by atoms with van der Waals surface area (Å²) < 4.78 is 62.4. The van der Waals surface area contributed by atoms with Gasteiger partial charge in [0.15, 0.2) is 5.65 Å². The minimum absolute atomic E-state index is 0.0500. The smallest absolute Gasteiger partial charge is 0.414 e. The van der Waals surface area contributed by atoms with Gasteiger partial charge in [-0.2, -0.15) is 4.98 Å². The van der Waals surface area contributed by atoms with Crippen molar-refractivity contribution in [3.8, 4) is 5.88 Å². The van der Waals surface area contributed by atoms with Crippen LogP contribution >= 0.6 is 0 Å². The van der Waals surface area contributed by atoms with E-state index in [1.165, 1.54) is 13.3 Å². The Bertz CT molecular complexity index is 1290. The third-order valence-electron chi connectivity index (χ3n) is 4.81. The number of nitrogens with two attached hydrogens (primary N) is 1. The highest BCUT2D eigenvalue weighted by atomic mass is 32.2. The van der Waals surface area contributed by atoms with Gasteiger partial charge >= 0.3 is 6.09 Å². The summed E-state index contributed by atoms with van der Waals surface area (Å²) in [5, 5.41) is 5.41. The van der Waals surface area contributed by atoms with E-state index in [1.807, 2.05) is 0 Å². The molecule has 12 heteroatoms. The lowest BCUT2D eigenvalue weighted by Gasteiger charge is -2.23. The van der Waals surface area contributed by atoms with Crippen LogP contribution in [0.25, 0.3) is 11.0 Å². The fourth-order valence-corrected chi connectivity index (χ4v) is 3.85. The molecule has 1 amide bonds. The second-order valence-electron chi connectivity index (χ2n) is 6.72. The third kappa shape index (κ3) is 3.86. The Labute approximate surface area is 175 Å². The summed E-state index contributed by atoms with van der Waals surface area (Å²) in [4.78, 5) is 21.5. The Morgan fingerprint density at radius 2 is 1.97 bits per heavy atom. The van der Waals surface area contributed by atoms with Crippen LogP contribution in [0.15, 0.2) is 35.4 Å². The maximum Gasteiger partial charge on any atom is 0.414 e. The van der Waals surface area contributed by atoms with Gasteiger partial charge in [-0.25, -0.2) is 32.1 Å². The van der Waals surface area contributed by atoms with Crippen molar-refractivity contribution in [1.29, 1.82) is 0 Å². The van der Waals surface area contributed by atoms with Gasteiger partial charge in [0.2, 0.25) is 15.9 Å². The number of rotatable bonds is 4. The van der Waals surface area contributed by atoms with Gasteiger partial charge in [-0.3, -0.25) is 4.90 Å². The van der Waals surface area contributed by atoms with Gasteiger partial charge in [0.1, 0.15) is 11.6 Å². The van der Waals surface area contributed by atoms with Crippen LogP contribution in [-0.4, -0.2) is 38.2 Å². The molecule has 0 fully saturated rings. The molecule has 0 atom stereocenters. The van der Waals surface area contributed by atoms with Crippen molar-refractivity contribution in [3.63, 3.8) is 0 Å². The number of fused-ring (bicyclic) bond motifs is 3. The summed E-state index contributed by atoms with van der Waals surface area (Å²) in [6, 6.07) is 4.42. The molecule has 4 rings (SSSR count). The zero-order valence-corrected chi connectivity index (χ0v) is 16.9. The summed E-state index contributed by atoms with van der Waals surface area (Å²) >= 11 is 0. The van der Waals surface area contributed by atoms with E-state index in [0.29, 0.717) is 41.1 Å². The van der Waals surface area contributed by atoms with E-state index in [-0.39, 0.29) is 12.3 Å². The number of benzene rings is 1. The van der Waals surface area contributed by atoms with E-state index in [4.69, 9.17) is 14.6 Å². The number of hydrogen-bond donors (Lipinski definition) is 1. The molecule has 0 spiro atoms. The second kappa shape index (κ2) is 7.71. The van der Waals surface area contributed by atoms with Gasteiger partial charge in [-0.1, -0.05) is 0 Å². The molecule has 2 N–H and O–H groups in total. The SMILES string of the molecule is COc1ccc2c3c(cnc2n1)CCOC(=O)N3Cc1c(F)cc(S(N)(=O)=O)cc1F. The quantitative estimate of drug-likeness (QED) is 0.646. The van der Waals surface area contributed by atoms with E-state index in [2.05, 4.69) is 9.97 Å². The van der Waals surface area contributed by atoms with Crippen LogP contribution in [0.1, 0.15) is 11.1 Å². The first-order valence-corrected chi connectivity index (χ1v) is 10.5. The maximum absolute atomic E-state index is 14.6. The monoisotopic (exact) mass is 450 g/mol. The third-order valence-corrected chi connectivity index (χ3v) is 5.70. The van der Waals surface area contributed by atoms with Gasteiger partial charge in [0, 0.05) is 29.6 Å². The summed E-state index contributed by atoms with van der Waals surface area (Å²) in [7, 11) is -2.87. The van der Waals surface area contributed by atoms with Gasteiger partial charge < -0.3 is 9.47 Å². The molecule has 1 aliphatic heterocycles. The average molecular weight is 450 g/mol. The van der Waals surface area contributed by atoms with Crippen molar-refractivity contribution in [3.05, 3.63) is 53.2 Å². The van der Waals surface area contributed by atoms with Crippen LogP contribution in [0.2, 0.25) is 0 Å². The highest BCUT2D eigenvalue weighted by molar-refractivity contribution is 7.89. The van der Waals surface area contributed by atoms with Crippen LogP contribution in [0.3, 0.4) is 0 Å². The van der Waals surface area contributed by atoms with Gasteiger partial charge in [0.25, 0.3) is 0 Å². The number of nitrogens with zero attached hydrogens (tertiary/aromatic N) is 3. The van der Waals surface area contributed by atoms with Gasteiger partial charge in [0.05, 0.1) is 30.8 Å². The van der Waals surface area contributed by atoms with Crippen LogP contribution in [0, 0.1) is 11.6 Å². The largest absolute Gasteiger partial charge is 0.481 e.